The first-order chi connectivity index (χ1) is 7.83. The van der Waals surface area contributed by atoms with E-state index < -0.39 is 0 Å². The Labute approximate surface area is 95.3 Å². The topological polar surface area (TPSA) is 13.1 Å². The van der Waals surface area contributed by atoms with Crippen molar-refractivity contribution >= 4 is 10.8 Å². The minimum absolute atomic E-state index is 0.170. The molecule has 0 radical (unpaired) electrons. The van der Waals surface area contributed by atoms with Crippen molar-refractivity contribution in [3.05, 3.63) is 36.0 Å². The van der Waals surface area contributed by atoms with Crippen LogP contribution in [0, 0.1) is 5.82 Å². The Hall–Kier alpha value is -1.31. The lowest BCUT2D eigenvalue weighted by Gasteiger charge is -1.99. The highest BCUT2D eigenvalue weighted by Crippen LogP contribution is 2.25. The molecule has 1 heterocycles. The summed E-state index contributed by atoms with van der Waals surface area (Å²) in [4.78, 5) is 0. The van der Waals surface area contributed by atoms with E-state index >= 15 is 0 Å². The Balaban J connectivity index is 2.12. The molecular formula is C14H17FO. The third kappa shape index (κ3) is 2.26. The zero-order chi connectivity index (χ0) is 11.4. The van der Waals surface area contributed by atoms with Gasteiger partial charge in [-0.1, -0.05) is 38.3 Å². The molecule has 0 atom stereocenters. The molecule has 0 spiro atoms. The number of hydrogen-bond donors (Lipinski definition) is 0. The SMILES string of the molecule is CCCCCCc1occ2cccc(F)c12. The van der Waals surface area contributed by atoms with Gasteiger partial charge in [-0.25, -0.2) is 4.39 Å². The van der Waals surface area contributed by atoms with Crippen molar-refractivity contribution in [3.8, 4) is 0 Å². The van der Waals surface area contributed by atoms with Gasteiger partial charge >= 0.3 is 0 Å². The minimum atomic E-state index is -0.170. The van der Waals surface area contributed by atoms with E-state index in [1.54, 1.807) is 12.3 Å². The Kier molecular flexibility index (Phi) is 3.60. The second-order valence-corrected chi connectivity index (χ2v) is 4.17. The lowest BCUT2D eigenvalue weighted by atomic mass is 10.1. The van der Waals surface area contributed by atoms with E-state index in [4.69, 9.17) is 4.42 Å². The first-order valence-electron chi connectivity index (χ1n) is 5.97. The highest BCUT2D eigenvalue weighted by atomic mass is 19.1. The monoisotopic (exact) mass is 220 g/mol. The highest BCUT2D eigenvalue weighted by molar-refractivity contribution is 5.84. The minimum Gasteiger partial charge on any atom is -0.468 e. The van der Waals surface area contributed by atoms with Crippen molar-refractivity contribution in [1.29, 1.82) is 0 Å². The van der Waals surface area contributed by atoms with Crippen LogP contribution in [-0.2, 0) is 6.42 Å². The van der Waals surface area contributed by atoms with Gasteiger partial charge in [0, 0.05) is 11.8 Å². The van der Waals surface area contributed by atoms with E-state index in [1.165, 1.54) is 25.3 Å². The van der Waals surface area contributed by atoms with Gasteiger partial charge in [0.1, 0.15) is 11.6 Å². The van der Waals surface area contributed by atoms with Crippen LogP contribution in [0.25, 0.3) is 10.8 Å². The summed E-state index contributed by atoms with van der Waals surface area (Å²) in [5.41, 5.74) is 0. The van der Waals surface area contributed by atoms with Gasteiger partial charge in [-0.2, -0.15) is 0 Å². The molecule has 0 saturated heterocycles. The van der Waals surface area contributed by atoms with Gasteiger partial charge in [-0.05, 0) is 12.5 Å². The number of rotatable bonds is 5. The number of fused-ring (bicyclic) bond motifs is 1. The van der Waals surface area contributed by atoms with Crippen LogP contribution in [0.2, 0.25) is 0 Å². The maximum absolute atomic E-state index is 13.6. The van der Waals surface area contributed by atoms with Gasteiger partial charge in [0.25, 0.3) is 0 Å². The predicted molar refractivity (Wildman–Crippen MR) is 64.0 cm³/mol. The zero-order valence-electron chi connectivity index (χ0n) is 9.63. The average molecular weight is 220 g/mol. The Morgan fingerprint density at radius 2 is 2.06 bits per heavy atom. The Morgan fingerprint density at radius 1 is 1.19 bits per heavy atom. The first-order valence-corrected chi connectivity index (χ1v) is 5.97. The fourth-order valence-corrected chi connectivity index (χ4v) is 2.02. The van der Waals surface area contributed by atoms with Crippen molar-refractivity contribution in [2.24, 2.45) is 0 Å². The summed E-state index contributed by atoms with van der Waals surface area (Å²) in [6.07, 6.45) is 7.20. The number of furan rings is 1. The fourth-order valence-electron chi connectivity index (χ4n) is 2.02. The molecule has 2 heteroatoms. The van der Waals surface area contributed by atoms with Gasteiger partial charge in [0.15, 0.2) is 0 Å². The second-order valence-electron chi connectivity index (χ2n) is 4.17. The van der Waals surface area contributed by atoms with Gasteiger partial charge in [0.2, 0.25) is 0 Å². The van der Waals surface area contributed by atoms with Crippen molar-refractivity contribution in [2.75, 3.05) is 0 Å². The third-order valence-corrected chi connectivity index (χ3v) is 2.91. The van der Waals surface area contributed by atoms with E-state index in [0.29, 0.717) is 5.39 Å². The summed E-state index contributed by atoms with van der Waals surface area (Å²) >= 11 is 0. The number of benzene rings is 1. The van der Waals surface area contributed by atoms with E-state index in [9.17, 15) is 4.39 Å². The van der Waals surface area contributed by atoms with E-state index in [1.807, 2.05) is 6.07 Å². The fraction of sp³-hybridized carbons (Fsp3) is 0.429. The zero-order valence-corrected chi connectivity index (χ0v) is 9.63. The molecule has 1 aromatic carbocycles. The smallest absolute Gasteiger partial charge is 0.134 e. The lowest BCUT2D eigenvalue weighted by Crippen LogP contribution is -1.86. The molecule has 0 fully saturated rings. The summed E-state index contributed by atoms with van der Waals surface area (Å²) in [6, 6.07) is 5.10. The molecule has 0 saturated carbocycles. The number of aryl methyl sites for hydroxylation is 1. The van der Waals surface area contributed by atoms with Gasteiger partial charge in [0.05, 0.1) is 11.6 Å². The van der Waals surface area contributed by atoms with E-state index in [-0.39, 0.29) is 5.82 Å². The molecule has 0 aliphatic heterocycles. The molecule has 1 aromatic heterocycles. The summed E-state index contributed by atoms with van der Waals surface area (Å²) in [6.45, 7) is 2.18. The number of halogens is 1. The lowest BCUT2D eigenvalue weighted by molar-refractivity contribution is 0.497. The molecule has 0 bridgehead atoms. The summed E-state index contributed by atoms with van der Waals surface area (Å²) in [7, 11) is 0. The maximum atomic E-state index is 13.6. The van der Waals surface area contributed by atoms with Crippen molar-refractivity contribution in [3.63, 3.8) is 0 Å². The standard InChI is InChI=1S/C14H17FO/c1-2-3-4-5-9-13-14-11(10-16-13)7-6-8-12(14)15/h6-8,10H,2-5,9H2,1H3. The van der Waals surface area contributed by atoms with Crippen LogP contribution in [0.1, 0.15) is 38.4 Å². The van der Waals surface area contributed by atoms with Crippen LogP contribution in [0.15, 0.2) is 28.9 Å². The van der Waals surface area contributed by atoms with Gasteiger partial charge in [-0.15, -0.1) is 0 Å². The molecule has 0 N–H and O–H groups in total. The molecule has 0 amide bonds. The van der Waals surface area contributed by atoms with Crippen LogP contribution in [0.3, 0.4) is 0 Å². The van der Waals surface area contributed by atoms with Crippen LogP contribution in [0.5, 0.6) is 0 Å². The van der Waals surface area contributed by atoms with Crippen molar-refractivity contribution in [2.45, 2.75) is 39.0 Å². The summed E-state index contributed by atoms with van der Waals surface area (Å²) in [5.74, 6) is 0.626. The van der Waals surface area contributed by atoms with Crippen LogP contribution in [-0.4, -0.2) is 0 Å². The predicted octanol–water partition coefficient (Wildman–Crippen LogP) is 4.69. The average Bonchev–Trinajstić information content (AvgIpc) is 2.69. The van der Waals surface area contributed by atoms with E-state index in [2.05, 4.69) is 6.92 Å². The molecule has 0 aliphatic carbocycles. The summed E-state index contributed by atoms with van der Waals surface area (Å²) < 4.78 is 19.0. The maximum Gasteiger partial charge on any atom is 0.134 e. The van der Waals surface area contributed by atoms with Gasteiger partial charge in [-0.3, -0.25) is 0 Å². The highest BCUT2D eigenvalue weighted by Gasteiger charge is 2.09. The van der Waals surface area contributed by atoms with Crippen LogP contribution >= 0.6 is 0 Å². The van der Waals surface area contributed by atoms with Crippen molar-refractivity contribution in [1.82, 2.24) is 0 Å². The molecule has 2 rings (SSSR count). The van der Waals surface area contributed by atoms with Crippen molar-refractivity contribution < 1.29 is 8.81 Å². The van der Waals surface area contributed by atoms with E-state index in [0.717, 1.165) is 24.0 Å². The number of unbranched alkanes of at least 4 members (excludes halogenated alkanes) is 3. The van der Waals surface area contributed by atoms with Gasteiger partial charge < -0.3 is 4.42 Å². The third-order valence-electron chi connectivity index (χ3n) is 2.91. The van der Waals surface area contributed by atoms with Crippen LogP contribution < -0.4 is 0 Å². The van der Waals surface area contributed by atoms with Crippen LogP contribution in [0.4, 0.5) is 4.39 Å². The molecule has 1 nitrogen and oxygen atoms in total. The Morgan fingerprint density at radius 3 is 2.88 bits per heavy atom. The summed E-state index contributed by atoms with van der Waals surface area (Å²) in [5, 5.41) is 1.53. The molecule has 86 valence electrons. The molecule has 2 aromatic rings. The largest absolute Gasteiger partial charge is 0.468 e. The first kappa shape index (κ1) is 11.2. The molecule has 0 aliphatic rings. The normalized spacial score (nSPS) is 11.1. The Bertz CT molecular complexity index is 459. The number of hydrogen-bond acceptors (Lipinski definition) is 1. The molecule has 16 heavy (non-hydrogen) atoms. The quantitative estimate of drug-likeness (QED) is 0.666. The molecule has 0 unspecified atom stereocenters. The second kappa shape index (κ2) is 5.15. The molecular weight excluding hydrogens is 203 g/mol.